The molecule has 0 saturated heterocycles. The topological polar surface area (TPSA) is 38.3 Å². The summed E-state index contributed by atoms with van der Waals surface area (Å²) in [6.07, 6.45) is 0.700. The molecule has 0 unspecified atom stereocenters. The zero-order chi connectivity index (χ0) is 15.9. The van der Waals surface area contributed by atoms with Crippen molar-refractivity contribution in [1.82, 2.24) is 0 Å². The first-order valence-corrected chi connectivity index (χ1v) is 6.99. The van der Waals surface area contributed by atoms with Gasteiger partial charge >= 0.3 is 0 Å². The third kappa shape index (κ3) is 4.84. The van der Waals surface area contributed by atoms with Gasteiger partial charge < -0.3 is 10.1 Å². The number of rotatable bonds is 6. The molecule has 1 amide bonds. The monoisotopic (exact) mass is 305 g/mol. The largest absolute Gasteiger partial charge is 0.494 e. The van der Waals surface area contributed by atoms with Crippen LogP contribution in [-0.4, -0.2) is 12.5 Å². The summed E-state index contributed by atoms with van der Waals surface area (Å²) in [5.74, 6) is -1.05. The van der Waals surface area contributed by atoms with E-state index in [1.807, 2.05) is 31.2 Å². The van der Waals surface area contributed by atoms with Gasteiger partial charge in [0.25, 0.3) is 0 Å². The standard InChI is InChI=1S/C17H17F2NO2/c1-12-4-2-5-14(10-12)22-9-3-6-17(21)20-16-8-7-13(18)11-15(16)19/h2,4-5,7-8,10-11H,3,6,9H2,1H3,(H,20,21). The zero-order valence-electron chi connectivity index (χ0n) is 12.2. The summed E-state index contributed by atoms with van der Waals surface area (Å²) < 4.78 is 31.7. The number of benzene rings is 2. The van der Waals surface area contributed by atoms with E-state index < -0.39 is 11.6 Å². The van der Waals surface area contributed by atoms with Crippen molar-refractivity contribution < 1.29 is 18.3 Å². The molecule has 5 heteroatoms. The van der Waals surface area contributed by atoms with E-state index in [4.69, 9.17) is 4.74 Å². The van der Waals surface area contributed by atoms with Gasteiger partial charge in [-0.05, 0) is 43.2 Å². The van der Waals surface area contributed by atoms with Crippen LogP contribution >= 0.6 is 0 Å². The maximum Gasteiger partial charge on any atom is 0.224 e. The summed E-state index contributed by atoms with van der Waals surface area (Å²) in [4.78, 5) is 11.7. The van der Waals surface area contributed by atoms with Crippen LogP contribution in [0.5, 0.6) is 5.75 Å². The molecule has 0 radical (unpaired) electrons. The van der Waals surface area contributed by atoms with E-state index in [0.29, 0.717) is 13.0 Å². The molecule has 0 spiro atoms. The Bertz CT molecular complexity index is 659. The minimum Gasteiger partial charge on any atom is -0.494 e. The molecule has 2 aromatic rings. The average Bonchev–Trinajstić information content (AvgIpc) is 2.47. The second kappa shape index (κ2) is 7.54. The van der Waals surface area contributed by atoms with E-state index in [-0.39, 0.29) is 18.0 Å². The van der Waals surface area contributed by atoms with Crippen LogP contribution in [-0.2, 0) is 4.79 Å². The number of ether oxygens (including phenoxy) is 1. The van der Waals surface area contributed by atoms with Crippen LogP contribution in [0.4, 0.5) is 14.5 Å². The number of carbonyl (C=O) groups excluding carboxylic acids is 1. The number of aryl methyl sites for hydroxylation is 1. The first-order chi connectivity index (χ1) is 10.5. The Labute approximate surface area is 127 Å². The van der Waals surface area contributed by atoms with Gasteiger partial charge in [-0.25, -0.2) is 8.78 Å². The lowest BCUT2D eigenvalue weighted by atomic mass is 10.2. The van der Waals surface area contributed by atoms with Crippen molar-refractivity contribution in [3.8, 4) is 5.75 Å². The number of hydrogen-bond donors (Lipinski definition) is 1. The molecular weight excluding hydrogens is 288 g/mol. The van der Waals surface area contributed by atoms with Crippen LogP contribution in [0.3, 0.4) is 0 Å². The summed E-state index contributed by atoms with van der Waals surface area (Å²) in [5.41, 5.74) is 1.08. The summed E-state index contributed by atoms with van der Waals surface area (Å²) in [6, 6.07) is 10.7. The third-order valence-electron chi connectivity index (χ3n) is 3.01. The first kappa shape index (κ1) is 15.9. The quantitative estimate of drug-likeness (QED) is 0.817. The molecule has 0 atom stereocenters. The maximum atomic E-state index is 13.4. The lowest BCUT2D eigenvalue weighted by molar-refractivity contribution is -0.116. The predicted molar refractivity (Wildman–Crippen MR) is 80.9 cm³/mol. The number of nitrogens with one attached hydrogen (secondary N) is 1. The Kier molecular flexibility index (Phi) is 5.47. The molecule has 2 aromatic carbocycles. The Morgan fingerprint density at radius 3 is 2.73 bits per heavy atom. The Morgan fingerprint density at radius 2 is 2.00 bits per heavy atom. The molecular formula is C17H17F2NO2. The first-order valence-electron chi connectivity index (χ1n) is 6.99. The van der Waals surface area contributed by atoms with Gasteiger partial charge in [0.2, 0.25) is 5.91 Å². The zero-order valence-corrected chi connectivity index (χ0v) is 12.2. The van der Waals surface area contributed by atoms with Crippen molar-refractivity contribution in [3.63, 3.8) is 0 Å². The highest BCUT2D eigenvalue weighted by atomic mass is 19.1. The molecule has 0 aromatic heterocycles. The predicted octanol–water partition coefficient (Wildman–Crippen LogP) is 4.07. The smallest absolute Gasteiger partial charge is 0.224 e. The van der Waals surface area contributed by atoms with Crippen molar-refractivity contribution in [3.05, 3.63) is 59.7 Å². The normalized spacial score (nSPS) is 10.3. The fourth-order valence-electron chi connectivity index (χ4n) is 1.93. The van der Waals surface area contributed by atoms with Gasteiger partial charge in [0.05, 0.1) is 12.3 Å². The van der Waals surface area contributed by atoms with E-state index in [1.54, 1.807) is 0 Å². The van der Waals surface area contributed by atoms with E-state index in [0.717, 1.165) is 23.4 Å². The summed E-state index contributed by atoms with van der Waals surface area (Å²) in [6.45, 7) is 2.36. The number of hydrogen-bond acceptors (Lipinski definition) is 2. The fourth-order valence-corrected chi connectivity index (χ4v) is 1.93. The summed E-state index contributed by atoms with van der Waals surface area (Å²) in [7, 11) is 0. The van der Waals surface area contributed by atoms with E-state index in [2.05, 4.69) is 5.32 Å². The summed E-state index contributed by atoms with van der Waals surface area (Å²) in [5, 5.41) is 2.41. The summed E-state index contributed by atoms with van der Waals surface area (Å²) >= 11 is 0. The molecule has 0 bridgehead atoms. The molecule has 0 saturated carbocycles. The number of amides is 1. The molecule has 116 valence electrons. The highest BCUT2D eigenvalue weighted by Gasteiger charge is 2.08. The molecule has 1 N–H and O–H groups in total. The fraction of sp³-hybridized carbons (Fsp3) is 0.235. The van der Waals surface area contributed by atoms with Crippen LogP contribution in [0, 0.1) is 18.6 Å². The highest BCUT2D eigenvalue weighted by Crippen LogP contribution is 2.16. The average molecular weight is 305 g/mol. The van der Waals surface area contributed by atoms with E-state index >= 15 is 0 Å². The van der Waals surface area contributed by atoms with Crippen LogP contribution in [0.1, 0.15) is 18.4 Å². The second-order valence-corrected chi connectivity index (χ2v) is 4.94. The van der Waals surface area contributed by atoms with Crippen LogP contribution in [0.25, 0.3) is 0 Å². The Balaban J connectivity index is 1.74. The van der Waals surface area contributed by atoms with Gasteiger partial charge in [-0.2, -0.15) is 0 Å². The van der Waals surface area contributed by atoms with Gasteiger partial charge in [0.1, 0.15) is 17.4 Å². The Hall–Kier alpha value is -2.43. The van der Waals surface area contributed by atoms with E-state index in [9.17, 15) is 13.6 Å². The maximum absolute atomic E-state index is 13.4. The van der Waals surface area contributed by atoms with Crippen LogP contribution in [0.15, 0.2) is 42.5 Å². The van der Waals surface area contributed by atoms with Crippen molar-refractivity contribution in [2.24, 2.45) is 0 Å². The minimum atomic E-state index is -0.788. The van der Waals surface area contributed by atoms with Crippen LogP contribution in [0.2, 0.25) is 0 Å². The van der Waals surface area contributed by atoms with Gasteiger partial charge in [-0.1, -0.05) is 12.1 Å². The number of halogens is 2. The lowest BCUT2D eigenvalue weighted by Crippen LogP contribution is -2.14. The van der Waals surface area contributed by atoms with Gasteiger partial charge in [0.15, 0.2) is 0 Å². The Morgan fingerprint density at radius 1 is 1.18 bits per heavy atom. The van der Waals surface area contributed by atoms with Crippen molar-refractivity contribution in [1.29, 1.82) is 0 Å². The van der Waals surface area contributed by atoms with Gasteiger partial charge in [-0.15, -0.1) is 0 Å². The lowest BCUT2D eigenvalue weighted by Gasteiger charge is -2.08. The molecule has 0 heterocycles. The molecule has 2 rings (SSSR count). The van der Waals surface area contributed by atoms with Gasteiger partial charge in [-0.3, -0.25) is 4.79 Å². The SMILES string of the molecule is Cc1cccc(OCCCC(=O)Nc2ccc(F)cc2F)c1. The molecule has 0 aliphatic carbocycles. The number of anilines is 1. The van der Waals surface area contributed by atoms with E-state index in [1.165, 1.54) is 6.07 Å². The molecule has 0 aliphatic heterocycles. The molecule has 0 fully saturated rings. The molecule has 22 heavy (non-hydrogen) atoms. The highest BCUT2D eigenvalue weighted by molar-refractivity contribution is 5.90. The molecule has 0 aliphatic rings. The second-order valence-electron chi connectivity index (χ2n) is 4.94. The van der Waals surface area contributed by atoms with Gasteiger partial charge in [0, 0.05) is 12.5 Å². The molecule has 3 nitrogen and oxygen atoms in total. The van der Waals surface area contributed by atoms with Crippen LogP contribution < -0.4 is 10.1 Å². The van der Waals surface area contributed by atoms with Crippen molar-refractivity contribution in [2.45, 2.75) is 19.8 Å². The third-order valence-corrected chi connectivity index (χ3v) is 3.01. The van der Waals surface area contributed by atoms with Crippen molar-refractivity contribution in [2.75, 3.05) is 11.9 Å². The number of carbonyl (C=O) groups is 1. The van der Waals surface area contributed by atoms with Crippen molar-refractivity contribution >= 4 is 11.6 Å². The minimum absolute atomic E-state index is 0.0222.